The Bertz CT molecular complexity index is 569. The van der Waals surface area contributed by atoms with Crippen LogP contribution in [0.5, 0.6) is 11.5 Å². The van der Waals surface area contributed by atoms with Gasteiger partial charge < -0.3 is 9.47 Å². The molecule has 0 aliphatic carbocycles. The van der Waals surface area contributed by atoms with E-state index >= 15 is 0 Å². The maximum absolute atomic E-state index is 5.80. The molecule has 0 aliphatic rings. The highest BCUT2D eigenvalue weighted by atomic mass is 32.1. The minimum absolute atomic E-state index is 0.102. The molecule has 1 aromatic carbocycles. The molecular formula is C15H20N2O2S. The summed E-state index contributed by atoms with van der Waals surface area (Å²) in [5, 5.41) is 2.09. The second kappa shape index (κ2) is 6.74. The summed E-state index contributed by atoms with van der Waals surface area (Å²) >= 11 is 1.70. The van der Waals surface area contributed by atoms with Gasteiger partial charge in [-0.1, -0.05) is 6.92 Å². The number of hydrogen-bond acceptors (Lipinski definition) is 5. The molecule has 1 aromatic heterocycles. The van der Waals surface area contributed by atoms with E-state index in [1.807, 2.05) is 18.2 Å². The summed E-state index contributed by atoms with van der Waals surface area (Å²) in [6.45, 7) is 2.14. The van der Waals surface area contributed by atoms with Crippen molar-refractivity contribution in [3.8, 4) is 11.5 Å². The van der Waals surface area contributed by atoms with Crippen molar-refractivity contribution in [2.45, 2.75) is 19.4 Å². The Kier molecular flexibility index (Phi) is 5.00. The second-order valence-electron chi connectivity index (χ2n) is 4.37. The van der Waals surface area contributed by atoms with E-state index in [1.54, 1.807) is 25.6 Å². The smallest absolute Gasteiger partial charge is 0.124 e. The molecule has 0 radical (unpaired) electrons. The first-order chi connectivity index (χ1) is 9.74. The van der Waals surface area contributed by atoms with Crippen molar-refractivity contribution in [2.75, 3.05) is 14.2 Å². The van der Waals surface area contributed by atoms with Crippen LogP contribution in [0.25, 0.3) is 0 Å². The van der Waals surface area contributed by atoms with Gasteiger partial charge in [0.25, 0.3) is 0 Å². The summed E-state index contributed by atoms with van der Waals surface area (Å²) in [6.07, 6.45) is 0.975. The summed E-state index contributed by atoms with van der Waals surface area (Å²) in [7, 11) is 3.31. The number of benzene rings is 1. The van der Waals surface area contributed by atoms with Crippen LogP contribution in [0.2, 0.25) is 0 Å². The molecule has 3 N–H and O–H groups in total. The van der Waals surface area contributed by atoms with Crippen molar-refractivity contribution in [1.82, 2.24) is 5.43 Å². The molecule has 20 heavy (non-hydrogen) atoms. The fraction of sp³-hybridized carbons (Fsp3) is 0.333. The van der Waals surface area contributed by atoms with Crippen LogP contribution in [-0.2, 0) is 6.42 Å². The highest BCUT2D eigenvalue weighted by Crippen LogP contribution is 2.36. The first-order valence-electron chi connectivity index (χ1n) is 6.49. The van der Waals surface area contributed by atoms with Gasteiger partial charge in [-0.25, -0.2) is 5.43 Å². The summed E-state index contributed by atoms with van der Waals surface area (Å²) < 4.78 is 10.8. The molecule has 0 saturated heterocycles. The number of rotatable bonds is 6. The molecule has 1 heterocycles. The van der Waals surface area contributed by atoms with Gasteiger partial charge in [0.15, 0.2) is 0 Å². The van der Waals surface area contributed by atoms with Crippen LogP contribution in [0, 0.1) is 0 Å². The molecule has 1 unspecified atom stereocenters. The maximum atomic E-state index is 5.80. The van der Waals surface area contributed by atoms with E-state index in [0.717, 1.165) is 23.5 Å². The minimum Gasteiger partial charge on any atom is -0.497 e. The molecule has 1 atom stereocenters. The van der Waals surface area contributed by atoms with E-state index in [9.17, 15) is 0 Å². The lowest BCUT2D eigenvalue weighted by atomic mass is 10.0. The van der Waals surface area contributed by atoms with Gasteiger partial charge in [-0.3, -0.25) is 5.84 Å². The SMILES string of the molecule is CCc1ccsc1C(NN)c1cc(OC)ccc1OC. The molecule has 0 fully saturated rings. The Balaban J connectivity index is 2.50. The first-order valence-corrected chi connectivity index (χ1v) is 7.37. The van der Waals surface area contributed by atoms with Crippen molar-refractivity contribution in [2.24, 2.45) is 5.84 Å². The van der Waals surface area contributed by atoms with Crippen LogP contribution in [0.4, 0.5) is 0 Å². The molecule has 2 aromatic rings. The summed E-state index contributed by atoms with van der Waals surface area (Å²) in [6, 6.07) is 7.78. The van der Waals surface area contributed by atoms with Gasteiger partial charge in [-0.2, -0.15) is 0 Å². The number of methoxy groups -OCH3 is 2. The highest BCUT2D eigenvalue weighted by Gasteiger charge is 2.21. The molecule has 5 heteroatoms. The van der Waals surface area contributed by atoms with E-state index in [2.05, 4.69) is 23.8 Å². The fourth-order valence-electron chi connectivity index (χ4n) is 2.26. The normalized spacial score (nSPS) is 12.2. The van der Waals surface area contributed by atoms with E-state index in [4.69, 9.17) is 15.3 Å². The number of hydrazine groups is 1. The molecule has 0 amide bonds. The maximum Gasteiger partial charge on any atom is 0.124 e. The third-order valence-electron chi connectivity index (χ3n) is 3.34. The lowest BCUT2D eigenvalue weighted by molar-refractivity contribution is 0.394. The second-order valence-corrected chi connectivity index (χ2v) is 5.32. The number of aryl methyl sites for hydroxylation is 1. The number of nitrogens with two attached hydrogens (primary N) is 1. The topological polar surface area (TPSA) is 56.5 Å². The largest absolute Gasteiger partial charge is 0.497 e. The zero-order valence-corrected chi connectivity index (χ0v) is 12.8. The van der Waals surface area contributed by atoms with E-state index in [0.29, 0.717) is 0 Å². The molecular weight excluding hydrogens is 272 g/mol. The van der Waals surface area contributed by atoms with Crippen LogP contribution in [-0.4, -0.2) is 14.2 Å². The Hall–Kier alpha value is -1.56. The van der Waals surface area contributed by atoms with Gasteiger partial charge in [0.05, 0.1) is 20.3 Å². The first kappa shape index (κ1) is 14.8. The van der Waals surface area contributed by atoms with Gasteiger partial charge in [-0.15, -0.1) is 11.3 Å². The van der Waals surface area contributed by atoms with Crippen LogP contribution in [0.1, 0.15) is 29.0 Å². The van der Waals surface area contributed by atoms with Gasteiger partial charge >= 0.3 is 0 Å². The summed E-state index contributed by atoms with van der Waals surface area (Å²) in [5.41, 5.74) is 5.17. The number of nitrogens with one attached hydrogen (secondary N) is 1. The monoisotopic (exact) mass is 292 g/mol. The minimum atomic E-state index is -0.102. The standard InChI is InChI=1S/C15H20N2O2S/c1-4-10-7-8-20-15(10)14(17-16)12-9-11(18-2)5-6-13(12)19-3/h5-9,14,17H,4,16H2,1-3H3. The van der Waals surface area contributed by atoms with Crippen LogP contribution in [0.3, 0.4) is 0 Å². The predicted octanol–water partition coefficient (Wildman–Crippen LogP) is 2.88. The van der Waals surface area contributed by atoms with Gasteiger partial charge in [0.2, 0.25) is 0 Å². The highest BCUT2D eigenvalue weighted by molar-refractivity contribution is 7.10. The van der Waals surface area contributed by atoms with Crippen molar-refractivity contribution in [3.05, 3.63) is 45.6 Å². The lowest BCUT2D eigenvalue weighted by Gasteiger charge is -2.20. The third kappa shape index (κ3) is 2.80. The molecule has 0 bridgehead atoms. The number of thiophene rings is 1. The van der Waals surface area contributed by atoms with Crippen LogP contribution in [0.15, 0.2) is 29.6 Å². The van der Waals surface area contributed by atoms with Crippen molar-refractivity contribution >= 4 is 11.3 Å². The molecule has 4 nitrogen and oxygen atoms in total. The van der Waals surface area contributed by atoms with Gasteiger partial charge in [-0.05, 0) is 41.6 Å². The van der Waals surface area contributed by atoms with E-state index in [1.165, 1.54) is 10.4 Å². The van der Waals surface area contributed by atoms with Crippen molar-refractivity contribution in [1.29, 1.82) is 0 Å². The zero-order chi connectivity index (χ0) is 14.5. The van der Waals surface area contributed by atoms with Crippen molar-refractivity contribution in [3.63, 3.8) is 0 Å². The summed E-state index contributed by atoms with van der Waals surface area (Å²) in [5.74, 6) is 7.38. The third-order valence-corrected chi connectivity index (χ3v) is 4.36. The van der Waals surface area contributed by atoms with E-state index < -0.39 is 0 Å². The lowest BCUT2D eigenvalue weighted by Crippen LogP contribution is -2.29. The number of ether oxygens (including phenoxy) is 2. The van der Waals surface area contributed by atoms with Crippen molar-refractivity contribution < 1.29 is 9.47 Å². The Morgan fingerprint density at radius 1 is 1.25 bits per heavy atom. The van der Waals surface area contributed by atoms with Crippen LogP contribution >= 0.6 is 11.3 Å². The van der Waals surface area contributed by atoms with E-state index in [-0.39, 0.29) is 6.04 Å². The average Bonchev–Trinajstić information content (AvgIpc) is 2.96. The zero-order valence-electron chi connectivity index (χ0n) is 12.0. The molecule has 0 saturated carbocycles. The Morgan fingerprint density at radius 3 is 2.65 bits per heavy atom. The molecule has 2 rings (SSSR count). The molecule has 108 valence electrons. The average molecular weight is 292 g/mol. The Labute approximate surface area is 123 Å². The molecule has 0 spiro atoms. The fourth-order valence-corrected chi connectivity index (χ4v) is 3.34. The quantitative estimate of drug-likeness (QED) is 0.635. The van der Waals surface area contributed by atoms with Crippen LogP contribution < -0.4 is 20.7 Å². The van der Waals surface area contributed by atoms with Gasteiger partial charge in [0.1, 0.15) is 11.5 Å². The molecule has 0 aliphatic heterocycles. The number of hydrogen-bond donors (Lipinski definition) is 2. The summed E-state index contributed by atoms with van der Waals surface area (Å²) in [4.78, 5) is 1.21. The predicted molar refractivity (Wildman–Crippen MR) is 82.4 cm³/mol. The Morgan fingerprint density at radius 2 is 2.05 bits per heavy atom. The van der Waals surface area contributed by atoms with Gasteiger partial charge in [0, 0.05) is 10.4 Å².